The average molecular weight is 282 g/mol. The van der Waals surface area contributed by atoms with E-state index in [0.717, 1.165) is 38.8 Å². The number of nitrogens with zero attached hydrogens (tertiary/aromatic N) is 1. The fraction of sp³-hybridized carbons (Fsp3) is 0.933. The Bertz CT molecular complexity index is 349. The lowest BCUT2D eigenvalue weighted by atomic mass is 9.90. The first-order chi connectivity index (χ1) is 9.67. The molecule has 1 aliphatic carbocycles. The largest absolute Gasteiger partial charge is 0.347 e. The van der Waals surface area contributed by atoms with E-state index < -0.39 is 5.79 Å². The number of rotatable bonds is 2. The number of carbonyl (C=O) groups is 1. The Morgan fingerprint density at radius 2 is 1.85 bits per heavy atom. The molecule has 1 unspecified atom stereocenters. The van der Waals surface area contributed by atoms with E-state index in [1.165, 1.54) is 12.8 Å². The summed E-state index contributed by atoms with van der Waals surface area (Å²) in [5, 5.41) is 3.18. The van der Waals surface area contributed by atoms with Crippen molar-refractivity contribution in [3.05, 3.63) is 0 Å². The number of carbonyl (C=O) groups excluding carboxylic acids is 1. The minimum atomic E-state index is -0.494. The molecule has 1 saturated carbocycles. The average Bonchev–Trinajstić information content (AvgIpc) is 3.11. The summed E-state index contributed by atoms with van der Waals surface area (Å²) in [6.45, 7) is 4.95. The highest BCUT2D eigenvalue weighted by molar-refractivity contribution is 5.74. The van der Waals surface area contributed by atoms with Crippen molar-refractivity contribution in [1.29, 1.82) is 0 Å². The number of piperidine rings is 1. The van der Waals surface area contributed by atoms with Crippen LogP contribution >= 0.6 is 0 Å². The fourth-order valence-corrected chi connectivity index (χ4v) is 3.69. The lowest BCUT2D eigenvalue weighted by Gasteiger charge is -2.40. The molecule has 2 amide bonds. The van der Waals surface area contributed by atoms with Crippen LogP contribution in [0.15, 0.2) is 0 Å². The smallest absolute Gasteiger partial charge is 0.317 e. The van der Waals surface area contributed by atoms with Crippen LogP contribution in [0, 0.1) is 5.92 Å². The van der Waals surface area contributed by atoms with E-state index in [0.29, 0.717) is 19.3 Å². The second-order valence-electron chi connectivity index (χ2n) is 6.43. The van der Waals surface area contributed by atoms with Gasteiger partial charge in [0.05, 0.1) is 13.2 Å². The van der Waals surface area contributed by atoms with Crippen LogP contribution in [-0.2, 0) is 9.47 Å². The first kappa shape index (κ1) is 14.1. The van der Waals surface area contributed by atoms with Crippen molar-refractivity contribution in [2.24, 2.45) is 5.92 Å². The van der Waals surface area contributed by atoms with E-state index >= 15 is 0 Å². The third-order valence-corrected chi connectivity index (χ3v) is 4.99. The van der Waals surface area contributed by atoms with Crippen LogP contribution in [0.2, 0.25) is 0 Å². The molecule has 0 radical (unpaired) electrons. The Kier molecular flexibility index (Phi) is 4.17. The predicted octanol–water partition coefficient (Wildman–Crippen LogP) is 2.11. The molecule has 5 nitrogen and oxygen atoms in total. The van der Waals surface area contributed by atoms with Gasteiger partial charge in [0, 0.05) is 25.0 Å². The van der Waals surface area contributed by atoms with Gasteiger partial charge >= 0.3 is 6.03 Å². The molecule has 2 saturated heterocycles. The van der Waals surface area contributed by atoms with Gasteiger partial charge in [-0.2, -0.15) is 0 Å². The molecule has 2 heterocycles. The summed E-state index contributed by atoms with van der Waals surface area (Å²) >= 11 is 0. The third-order valence-electron chi connectivity index (χ3n) is 4.99. The van der Waals surface area contributed by atoms with Gasteiger partial charge in [-0.15, -0.1) is 0 Å². The topological polar surface area (TPSA) is 50.8 Å². The highest BCUT2D eigenvalue weighted by Gasteiger charge is 2.42. The van der Waals surface area contributed by atoms with Crippen molar-refractivity contribution in [2.75, 3.05) is 26.3 Å². The Morgan fingerprint density at radius 3 is 2.55 bits per heavy atom. The van der Waals surface area contributed by atoms with Crippen LogP contribution in [0.4, 0.5) is 4.79 Å². The second kappa shape index (κ2) is 5.90. The van der Waals surface area contributed by atoms with Gasteiger partial charge in [-0.1, -0.05) is 12.8 Å². The lowest BCUT2D eigenvalue weighted by molar-refractivity contribution is -0.189. The first-order valence-corrected chi connectivity index (χ1v) is 8.01. The molecule has 20 heavy (non-hydrogen) atoms. The fourth-order valence-electron chi connectivity index (χ4n) is 3.69. The number of urea groups is 1. The minimum absolute atomic E-state index is 0.100. The molecule has 2 aliphatic heterocycles. The SMILES string of the molecule is CC1(C2CCCN(C(=O)NC3CCCC3)C2)OCCO1. The molecule has 0 aromatic rings. The Labute approximate surface area is 121 Å². The van der Waals surface area contributed by atoms with Crippen LogP contribution in [0.3, 0.4) is 0 Å². The van der Waals surface area contributed by atoms with Gasteiger partial charge < -0.3 is 19.7 Å². The molecule has 0 aromatic carbocycles. The summed E-state index contributed by atoms with van der Waals surface area (Å²) in [4.78, 5) is 14.3. The molecule has 114 valence electrons. The summed E-state index contributed by atoms with van der Waals surface area (Å²) in [5.74, 6) is -0.208. The zero-order valence-electron chi connectivity index (χ0n) is 12.4. The van der Waals surface area contributed by atoms with Gasteiger partial charge in [-0.3, -0.25) is 0 Å². The minimum Gasteiger partial charge on any atom is -0.347 e. The van der Waals surface area contributed by atoms with Crippen molar-refractivity contribution >= 4 is 6.03 Å². The maximum Gasteiger partial charge on any atom is 0.317 e. The van der Waals surface area contributed by atoms with Gasteiger partial charge in [-0.05, 0) is 32.6 Å². The molecule has 3 rings (SSSR count). The molecular weight excluding hydrogens is 256 g/mol. The van der Waals surface area contributed by atoms with E-state index in [9.17, 15) is 4.79 Å². The summed E-state index contributed by atoms with van der Waals surface area (Å²) in [7, 11) is 0. The van der Waals surface area contributed by atoms with Crippen molar-refractivity contribution in [2.45, 2.75) is 57.3 Å². The molecule has 3 aliphatic rings. The standard InChI is InChI=1S/C15H26N2O3/c1-15(19-9-10-20-15)12-5-4-8-17(11-12)14(18)16-13-6-2-3-7-13/h12-13H,2-11H2,1H3,(H,16,18). The summed E-state index contributed by atoms with van der Waals surface area (Å²) in [6.07, 6.45) is 6.86. The van der Waals surface area contributed by atoms with Gasteiger partial charge in [0.2, 0.25) is 0 Å². The maximum absolute atomic E-state index is 12.4. The molecule has 3 fully saturated rings. The summed E-state index contributed by atoms with van der Waals surface area (Å²) in [6, 6.07) is 0.487. The highest BCUT2D eigenvalue weighted by Crippen LogP contribution is 2.34. The zero-order valence-corrected chi connectivity index (χ0v) is 12.4. The van der Waals surface area contributed by atoms with Crippen LogP contribution < -0.4 is 5.32 Å². The number of ether oxygens (including phenoxy) is 2. The van der Waals surface area contributed by atoms with Crippen LogP contribution in [-0.4, -0.2) is 49.1 Å². The Hall–Kier alpha value is -0.810. The van der Waals surface area contributed by atoms with Gasteiger partial charge in [-0.25, -0.2) is 4.79 Å². The van der Waals surface area contributed by atoms with E-state index in [-0.39, 0.29) is 11.9 Å². The maximum atomic E-state index is 12.4. The Balaban J connectivity index is 1.55. The number of nitrogens with one attached hydrogen (secondary N) is 1. The van der Waals surface area contributed by atoms with Gasteiger partial charge in [0.1, 0.15) is 0 Å². The van der Waals surface area contributed by atoms with Gasteiger partial charge in [0.25, 0.3) is 0 Å². The van der Waals surface area contributed by atoms with E-state index in [1.807, 2.05) is 11.8 Å². The number of likely N-dealkylation sites (tertiary alicyclic amines) is 1. The zero-order chi connectivity index (χ0) is 14.0. The quantitative estimate of drug-likeness (QED) is 0.844. The molecule has 0 aromatic heterocycles. The van der Waals surface area contributed by atoms with Crippen LogP contribution in [0.25, 0.3) is 0 Å². The number of amides is 2. The van der Waals surface area contributed by atoms with E-state index in [2.05, 4.69) is 5.32 Å². The first-order valence-electron chi connectivity index (χ1n) is 8.01. The van der Waals surface area contributed by atoms with Crippen LogP contribution in [0.1, 0.15) is 45.4 Å². The lowest BCUT2D eigenvalue weighted by Crippen LogP contribution is -2.52. The predicted molar refractivity (Wildman–Crippen MR) is 75.4 cm³/mol. The third kappa shape index (κ3) is 2.93. The molecule has 5 heteroatoms. The van der Waals surface area contributed by atoms with Crippen molar-refractivity contribution < 1.29 is 14.3 Å². The van der Waals surface area contributed by atoms with E-state index in [1.54, 1.807) is 0 Å². The summed E-state index contributed by atoms with van der Waals surface area (Å²) < 4.78 is 11.5. The van der Waals surface area contributed by atoms with Crippen molar-refractivity contribution in [1.82, 2.24) is 10.2 Å². The van der Waals surface area contributed by atoms with Gasteiger partial charge in [0.15, 0.2) is 5.79 Å². The summed E-state index contributed by atoms with van der Waals surface area (Å²) in [5.41, 5.74) is 0. The molecule has 0 bridgehead atoms. The molecule has 0 spiro atoms. The van der Waals surface area contributed by atoms with E-state index in [4.69, 9.17) is 9.47 Å². The number of hydrogen-bond donors (Lipinski definition) is 1. The second-order valence-corrected chi connectivity index (χ2v) is 6.43. The number of hydrogen-bond acceptors (Lipinski definition) is 3. The highest BCUT2D eigenvalue weighted by atomic mass is 16.7. The normalized spacial score (nSPS) is 30.6. The van der Waals surface area contributed by atoms with Crippen LogP contribution in [0.5, 0.6) is 0 Å². The van der Waals surface area contributed by atoms with Crippen molar-refractivity contribution in [3.8, 4) is 0 Å². The molecule has 1 N–H and O–H groups in total. The van der Waals surface area contributed by atoms with Crippen molar-refractivity contribution in [3.63, 3.8) is 0 Å². The molecular formula is C15H26N2O3. The monoisotopic (exact) mass is 282 g/mol. The Morgan fingerprint density at radius 1 is 1.15 bits per heavy atom. The molecule has 1 atom stereocenters.